The monoisotopic (exact) mass is 530 g/mol. The number of hydrogen-bond acceptors (Lipinski definition) is 6. The molecule has 0 aliphatic rings. The first kappa shape index (κ1) is 27.1. The van der Waals surface area contributed by atoms with E-state index < -0.39 is 35.9 Å². The van der Waals surface area contributed by atoms with Crippen molar-refractivity contribution in [3.8, 4) is 5.69 Å². The SMILES string of the molecule is O=C(NCC(O)c1ccc(C(F)(F)F)cc1)c1cn(-c2ccc3[nH]ncc3c2)nn1.O=C(O)C(F)(F)F. The molecule has 0 bridgehead atoms. The van der Waals surface area contributed by atoms with Crippen molar-refractivity contribution in [1.29, 1.82) is 0 Å². The van der Waals surface area contributed by atoms with Crippen LogP contribution in [0.15, 0.2) is 54.9 Å². The van der Waals surface area contributed by atoms with Crippen molar-refractivity contribution in [3.05, 3.63) is 71.7 Å². The quantitative estimate of drug-likeness (QED) is 0.290. The fourth-order valence-corrected chi connectivity index (χ4v) is 2.86. The van der Waals surface area contributed by atoms with Crippen molar-refractivity contribution >= 4 is 22.8 Å². The molecule has 4 N–H and O–H groups in total. The molecule has 1 amide bonds. The number of aliphatic hydroxyl groups excluding tert-OH is 1. The molecule has 2 aromatic heterocycles. The Kier molecular flexibility index (Phi) is 7.81. The maximum absolute atomic E-state index is 12.6. The van der Waals surface area contributed by atoms with Crippen molar-refractivity contribution < 1.29 is 46.1 Å². The van der Waals surface area contributed by atoms with Crippen LogP contribution in [-0.4, -0.2) is 60.0 Å². The smallest absolute Gasteiger partial charge is 0.475 e. The second-order valence-electron chi connectivity index (χ2n) is 7.34. The zero-order chi connectivity index (χ0) is 27.4. The summed E-state index contributed by atoms with van der Waals surface area (Å²) in [5, 5.41) is 35.1. The lowest BCUT2D eigenvalue weighted by molar-refractivity contribution is -0.192. The fourth-order valence-electron chi connectivity index (χ4n) is 2.86. The van der Waals surface area contributed by atoms with Crippen LogP contribution in [0.3, 0.4) is 0 Å². The van der Waals surface area contributed by atoms with Gasteiger partial charge in [-0.1, -0.05) is 17.3 Å². The number of aromatic amines is 1. The molecule has 2 heterocycles. The summed E-state index contributed by atoms with van der Waals surface area (Å²) in [7, 11) is 0. The highest BCUT2D eigenvalue weighted by atomic mass is 19.4. The molecule has 1 atom stereocenters. The van der Waals surface area contributed by atoms with Crippen molar-refractivity contribution in [2.24, 2.45) is 0 Å². The average Bonchev–Trinajstić information content (AvgIpc) is 3.51. The summed E-state index contributed by atoms with van der Waals surface area (Å²) in [4.78, 5) is 21.2. The van der Waals surface area contributed by atoms with Crippen LogP contribution in [0.4, 0.5) is 26.3 Å². The summed E-state index contributed by atoms with van der Waals surface area (Å²) in [5.74, 6) is -3.33. The number of alkyl halides is 6. The maximum atomic E-state index is 12.6. The minimum absolute atomic E-state index is 0.0295. The van der Waals surface area contributed by atoms with E-state index in [0.717, 1.165) is 23.0 Å². The van der Waals surface area contributed by atoms with Gasteiger partial charge in [0.05, 0.1) is 35.3 Å². The molecule has 37 heavy (non-hydrogen) atoms. The highest BCUT2D eigenvalue weighted by Crippen LogP contribution is 2.29. The maximum Gasteiger partial charge on any atom is 0.490 e. The zero-order valence-electron chi connectivity index (χ0n) is 18.2. The van der Waals surface area contributed by atoms with E-state index in [0.29, 0.717) is 5.69 Å². The third kappa shape index (κ3) is 7.03. The van der Waals surface area contributed by atoms with Gasteiger partial charge in [-0.15, -0.1) is 5.10 Å². The topological polar surface area (TPSA) is 146 Å². The molecule has 4 rings (SSSR count). The number of carboxylic acids is 1. The molecule has 0 saturated heterocycles. The molecule has 0 fully saturated rings. The van der Waals surface area contributed by atoms with Crippen LogP contribution in [0.25, 0.3) is 16.6 Å². The molecule has 0 spiro atoms. The lowest BCUT2D eigenvalue weighted by Crippen LogP contribution is -2.28. The third-order valence-electron chi connectivity index (χ3n) is 4.74. The molecule has 16 heteroatoms. The molecule has 2 aromatic carbocycles. The molecule has 196 valence electrons. The van der Waals surface area contributed by atoms with E-state index in [2.05, 4.69) is 25.8 Å². The number of halogens is 6. The standard InChI is InChI=1S/C19H15F3N6O2.C2HF3O2/c20-19(21,22)13-3-1-11(2-4-13)17(29)9-23-18(30)16-10-28(27-26-16)14-5-6-15-12(7-14)8-24-25-15;3-2(4,5)1(6)7/h1-8,10,17,29H,9H2,(H,23,30)(H,24,25);(H,6,7). The summed E-state index contributed by atoms with van der Waals surface area (Å²) in [6.07, 6.45) is -7.62. The fraction of sp³-hybridized carbons (Fsp3) is 0.190. The van der Waals surface area contributed by atoms with Crippen molar-refractivity contribution in [3.63, 3.8) is 0 Å². The summed E-state index contributed by atoms with van der Waals surface area (Å²) in [6, 6.07) is 9.52. The van der Waals surface area contributed by atoms with Gasteiger partial charge in [-0.3, -0.25) is 9.89 Å². The minimum atomic E-state index is -5.08. The van der Waals surface area contributed by atoms with Gasteiger partial charge in [-0.05, 0) is 35.9 Å². The number of carboxylic acid groups (broad SMARTS) is 1. The van der Waals surface area contributed by atoms with Gasteiger partial charge in [0.15, 0.2) is 5.69 Å². The van der Waals surface area contributed by atoms with Crippen LogP contribution in [0, 0.1) is 0 Å². The molecule has 0 saturated carbocycles. The number of aromatic nitrogens is 5. The largest absolute Gasteiger partial charge is 0.490 e. The van der Waals surface area contributed by atoms with E-state index in [1.807, 2.05) is 12.1 Å². The molecular weight excluding hydrogens is 514 g/mol. The number of fused-ring (bicyclic) bond motifs is 1. The summed E-state index contributed by atoms with van der Waals surface area (Å²) in [6.45, 7) is -0.196. The number of hydrogen-bond donors (Lipinski definition) is 4. The predicted octanol–water partition coefficient (Wildman–Crippen LogP) is 3.26. The summed E-state index contributed by atoms with van der Waals surface area (Å²) < 4.78 is 71.0. The molecule has 4 aromatic rings. The van der Waals surface area contributed by atoms with Crippen LogP contribution < -0.4 is 5.32 Å². The Bertz CT molecular complexity index is 1380. The van der Waals surface area contributed by atoms with E-state index in [1.165, 1.54) is 23.0 Å². The first-order valence-electron chi connectivity index (χ1n) is 10.0. The summed E-state index contributed by atoms with van der Waals surface area (Å²) >= 11 is 0. The Morgan fingerprint density at radius 3 is 2.30 bits per heavy atom. The van der Waals surface area contributed by atoms with Crippen LogP contribution >= 0.6 is 0 Å². The lowest BCUT2D eigenvalue weighted by atomic mass is 10.1. The number of H-pyrrole nitrogens is 1. The normalized spacial score (nSPS) is 12.5. The van der Waals surface area contributed by atoms with Crippen molar-refractivity contribution in [2.45, 2.75) is 18.5 Å². The molecule has 0 aliphatic heterocycles. The first-order chi connectivity index (χ1) is 17.3. The Morgan fingerprint density at radius 1 is 1.05 bits per heavy atom. The van der Waals surface area contributed by atoms with Crippen molar-refractivity contribution in [1.82, 2.24) is 30.5 Å². The number of nitrogens with one attached hydrogen (secondary N) is 2. The number of carbonyl (C=O) groups is 2. The van der Waals surface area contributed by atoms with E-state index in [-0.39, 0.29) is 17.8 Å². The minimum Gasteiger partial charge on any atom is -0.475 e. The molecule has 0 radical (unpaired) electrons. The van der Waals surface area contributed by atoms with E-state index >= 15 is 0 Å². The van der Waals surface area contributed by atoms with Crippen LogP contribution in [0.5, 0.6) is 0 Å². The summed E-state index contributed by atoms with van der Waals surface area (Å²) in [5.41, 5.74) is 1.00. The van der Waals surface area contributed by atoms with Crippen LogP contribution in [0.2, 0.25) is 0 Å². The second kappa shape index (κ2) is 10.7. The van der Waals surface area contributed by atoms with E-state index in [1.54, 1.807) is 12.3 Å². The van der Waals surface area contributed by atoms with Crippen LogP contribution in [0.1, 0.15) is 27.7 Å². The van der Waals surface area contributed by atoms with E-state index in [9.17, 15) is 36.2 Å². The van der Waals surface area contributed by atoms with Gasteiger partial charge in [0, 0.05) is 11.9 Å². The third-order valence-corrected chi connectivity index (χ3v) is 4.74. The number of carbonyl (C=O) groups excluding carboxylic acids is 1. The van der Waals surface area contributed by atoms with Gasteiger partial charge in [-0.25, -0.2) is 9.48 Å². The Balaban J connectivity index is 0.000000479. The Labute approximate surface area is 202 Å². The van der Waals surface area contributed by atoms with Gasteiger partial charge in [0.25, 0.3) is 5.91 Å². The average molecular weight is 530 g/mol. The van der Waals surface area contributed by atoms with Gasteiger partial charge in [0.1, 0.15) is 0 Å². The lowest BCUT2D eigenvalue weighted by Gasteiger charge is -2.13. The van der Waals surface area contributed by atoms with Crippen LogP contribution in [-0.2, 0) is 11.0 Å². The van der Waals surface area contributed by atoms with Crippen molar-refractivity contribution in [2.75, 3.05) is 6.54 Å². The van der Waals surface area contributed by atoms with Gasteiger partial charge < -0.3 is 15.5 Å². The van der Waals surface area contributed by atoms with E-state index in [4.69, 9.17) is 9.90 Å². The van der Waals surface area contributed by atoms with Gasteiger partial charge in [0.2, 0.25) is 0 Å². The number of nitrogens with zero attached hydrogens (tertiary/aromatic N) is 4. The van der Waals surface area contributed by atoms with Gasteiger partial charge >= 0.3 is 18.3 Å². The molecule has 1 unspecified atom stereocenters. The molecular formula is C21H16F6N6O4. The first-order valence-corrected chi connectivity index (χ1v) is 10.0. The van der Waals surface area contributed by atoms with Gasteiger partial charge in [-0.2, -0.15) is 31.4 Å². The number of aliphatic hydroxyl groups is 1. The number of amides is 1. The highest BCUT2D eigenvalue weighted by Gasteiger charge is 2.38. The Hall–Kier alpha value is -4.47. The highest BCUT2D eigenvalue weighted by molar-refractivity contribution is 5.92. The second-order valence-corrected chi connectivity index (χ2v) is 7.34. The molecule has 10 nitrogen and oxygen atoms in total. The predicted molar refractivity (Wildman–Crippen MR) is 113 cm³/mol. The number of rotatable bonds is 5. The molecule has 0 aliphatic carbocycles. The number of benzene rings is 2. The zero-order valence-corrected chi connectivity index (χ0v) is 18.2. The number of aliphatic carboxylic acids is 1. The Morgan fingerprint density at radius 2 is 1.70 bits per heavy atom.